The molecule has 2 aromatic carbocycles. The van der Waals surface area contributed by atoms with E-state index in [1.54, 1.807) is 0 Å². The molecule has 1 aliphatic carbocycles. The maximum Gasteiger partial charge on any atom is 0.407 e. The molecule has 0 aromatic heterocycles. The van der Waals surface area contributed by atoms with Crippen molar-refractivity contribution in [3.8, 4) is 11.1 Å². The number of carbonyl (C=O) groups is 2. The number of carbonyl (C=O) groups excluding carboxylic acids is 1. The normalized spacial score (nSPS) is 13.5. The van der Waals surface area contributed by atoms with Crippen LogP contribution in [0.2, 0.25) is 0 Å². The number of alkyl carbamates (subject to hydrolysis) is 1. The molecule has 1 unspecified atom stereocenters. The van der Waals surface area contributed by atoms with E-state index in [0.29, 0.717) is 6.42 Å². The summed E-state index contributed by atoms with van der Waals surface area (Å²) < 4.78 is 17.5. The molecule has 0 heterocycles. The van der Waals surface area contributed by atoms with Crippen LogP contribution in [0.25, 0.3) is 11.1 Å². The van der Waals surface area contributed by atoms with E-state index < -0.39 is 24.8 Å². The molecule has 1 amide bonds. The number of amides is 1. The van der Waals surface area contributed by atoms with Gasteiger partial charge in [-0.1, -0.05) is 48.5 Å². The first-order valence-electron chi connectivity index (χ1n) is 9.02. The predicted molar refractivity (Wildman–Crippen MR) is 99.5 cm³/mol. The van der Waals surface area contributed by atoms with E-state index in [2.05, 4.69) is 5.32 Å². The lowest BCUT2D eigenvalue weighted by Gasteiger charge is -2.17. The van der Waals surface area contributed by atoms with Crippen molar-refractivity contribution in [3.63, 3.8) is 0 Å². The van der Waals surface area contributed by atoms with Gasteiger partial charge in [-0.3, -0.25) is 4.39 Å². The third-order valence-electron chi connectivity index (χ3n) is 4.81. The molecule has 1 aliphatic rings. The van der Waals surface area contributed by atoms with Crippen LogP contribution in [0.3, 0.4) is 0 Å². The molecule has 142 valence electrons. The van der Waals surface area contributed by atoms with Crippen molar-refractivity contribution in [2.75, 3.05) is 13.3 Å². The number of unbranched alkanes of at least 4 members (excludes halogenated alkanes) is 1. The molecule has 5 nitrogen and oxygen atoms in total. The molecule has 0 fully saturated rings. The molecule has 0 saturated heterocycles. The van der Waals surface area contributed by atoms with Crippen molar-refractivity contribution in [3.05, 3.63) is 59.7 Å². The second-order valence-corrected chi connectivity index (χ2v) is 6.55. The lowest BCUT2D eigenvalue weighted by atomic mass is 9.98. The van der Waals surface area contributed by atoms with E-state index >= 15 is 0 Å². The fraction of sp³-hybridized carbons (Fsp3) is 0.333. The quantitative estimate of drug-likeness (QED) is 0.685. The summed E-state index contributed by atoms with van der Waals surface area (Å²) in [5.41, 5.74) is 4.42. The maximum absolute atomic E-state index is 12.2. The first-order chi connectivity index (χ1) is 13.1. The Kier molecular flexibility index (Phi) is 6.06. The summed E-state index contributed by atoms with van der Waals surface area (Å²) in [6.45, 7) is -0.381. The first-order valence-corrected chi connectivity index (χ1v) is 9.02. The van der Waals surface area contributed by atoms with Crippen LogP contribution in [0.1, 0.15) is 36.3 Å². The summed E-state index contributed by atoms with van der Waals surface area (Å²) in [5.74, 6) is -1.24. The van der Waals surface area contributed by atoms with Crippen LogP contribution >= 0.6 is 0 Å². The minimum Gasteiger partial charge on any atom is -0.480 e. The second kappa shape index (κ2) is 8.66. The molecule has 0 spiro atoms. The van der Waals surface area contributed by atoms with Crippen LogP contribution in [0.15, 0.2) is 48.5 Å². The number of hydrogen-bond acceptors (Lipinski definition) is 3. The molecule has 0 aliphatic heterocycles. The van der Waals surface area contributed by atoms with E-state index in [4.69, 9.17) is 4.74 Å². The van der Waals surface area contributed by atoms with Gasteiger partial charge in [0, 0.05) is 5.92 Å². The fourth-order valence-corrected chi connectivity index (χ4v) is 3.48. The number of hydrogen-bond donors (Lipinski definition) is 2. The van der Waals surface area contributed by atoms with Crippen molar-refractivity contribution in [1.29, 1.82) is 0 Å². The first kappa shape index (κ1) is 18.9. The number of ether oxygens (including phenoxy) is 1. The Labute approximate surface area is 157 Å². The number of carboxylic acids is 1. The summed E-state index contributed by atoms with van der Waals surface area (Å²) in [7, 11) is 0. The predicted octanol–water partition coefficient (Wildman–Crippen LogP) is 4.12. The zero-order valence-electron chi connectivity index (χ0n) is 14.9. The van der Waals surface area contributed by atoms with Crippen LogP contribution < -0.4 is 5.32 Å². The second-order valence-electron chi connectivity index (χ2n) is 6.55. The zero-order valence-corrected chi connectivity index (χ0v) is 14.9. The minimum atomic E-state index is -1.15. The van der Waals surface area contributed by atoms with Gasteiger partial charge in [0.15, 0.2) is 0 Å². The summed E-state index contributed by atoms with van der Waals surface area (Å²) in [6.07, 6.45) is 0.0565. The number of halogens is 1. The van der Waals surface area contributed by atoms with E-state index in [0.717, 1.165) is 22.3 Å². The number of aliphatic carboxylic acids is 1. The summed E-state index contributed by atoms with van der Waals surface area (Å²) in [6, 6.07) is 14.9. The van der Waals surface area contributed by atoms with Gasteiger partial charge in [-0.15, -0.1) is 0 Å². The average Bonchev–Trinajstić information content (AvgIpc) is 2.99. The zero-order chi connectivity index (χ0) is 19.2. The Balaban J connectivity index is 1.64. The van der Waals surface area contributed by atoms with E-state index in [1.807, 2.05) is 48.5 Å². The Morgan fingerprint density at radius 1 is 1.04 bits per heavy atom. The monoisotopic (exact) mass is 371 g/mol. The third-order valence-corrected chi connectivity index (χ3v) is 4.81. The molecule has 0 bridgehead atoms. The SMILES string of the molecule is O=C(NC(CCCCF)C(=O)O)OCC1c2ccccc2-c2ccccc21. The highest BCUT2D eigenvalue weighted by Crippen LogP contribution is 2.44. The highest BCUT2D eigenvalue weighted by molar-refractivity contribution is 5.81. The number of fused-ring (bicyclic) bond motifs is 3. The van der Waals surface area contributed by atoms with Gasteiger partial charge in [-0.2, -0.15) is 0 Å². The Morgan fingerprint density at radius 2 is 1.63 bits per heavy atom. The molecule has 6 heteroatoms. The summed E-state index contributed by atoms with van der Waals surface area (Å²) in [4.78, 5) is 23.4. The van der Waals surface area contributed by atoms with Gasteiger partial charge in [-0.25, -0.2) is 9.59 Å². The molecule has 1 atom stereocenters. The molecular weight excluding hydrogens is 349 g/mol. The molecule has 0 saturated carbocycles. The Morgan fingerprint density at radius 3 is 2.19 bits per heavy atom. The van der Waals surface area contributed by atoms with Crippen molar-refractivity contribution in [1.82, 2.24) is 5.32 Å². The van der Waals surface area contributed by atoms with Crippen LogP contribution in [0.4, 0.5) is 9.18 Å². The number of rotatable bonds is 8. The smallest absolute Gasteiger partial charge is 0.407 e. The molecule has 2 N–H and O–H groups in total. The van der Waals surface area contributed by atoms with Gasteiger partial charge in [0.05, 0.1) is 6.67 Å². The van der Waals surface area contributed by atoms with Gasteiger partial charge in [-0.05, 0) is 41.5 Å². The van der Waals surface area contributed by atoms with Crippen LogP contribution in [-0.2, 0) is 9.53 Å². The largest absolute Gasteiger partial charge is 0.480 e. The van der Waals surface area contributed by atoms with Gasteiger partial charge in [0.1, 0.15) is 12.6 Å². The van der Waals surface area contributed by atoms with Crippen molar-refractivity contribution < 1.29 is 23.8 Å². The lowest BCUT2D eigenvalue weighted by molar-refractivity contribution is -0.139. The van der Waals surface area contributed by atoms with E-state index in [1.165, 1.54) is 0 Å². The maximum atomic E-state index is 12.2. The Hall–Kier alpha value is -2.89. The number of nitrogens with one attached hydrogen (secondary N) is 1. The molecular formula is C21H22FNO4. The number of benzene rings is 2. The third kappa shape index (κ3) is 4.27. The average molecular weight is 371 g/mol. The van der Waals surface area contributed by atoms with Gasteiger partial charge in [0.2, 0.25) is 0 Å². The topological polar surface area (TPSA) is 75.6 Å². The minimum absolute atomic E-state index is 0.0852. The van der Waals surface area contributed by atoms with Crippen LogP contribution in [0.5, 0.6) is 0 Å². The lowest BCUT2D eigenvalue weighted by Crippen LogP contribution is -2.41. The Bertz CT molecular complexity index is 778. The van der Waals surface area contributed by atoms with Crippen LogP contribution in [0, 0.1) is 0 Å². The summed E-state index contributed by atoms with van der Waals surface area (Å²) in [5, 5.41) is 11.6. The highest BCUT2D eigenvalue weighted by atomic mass is 19.1. The number of alkyl halides is 1. The van der Waals surface area contributed by atoms with Gasteiger partial charge in [0.25, 0.3) is 0 Å². The van der Waals surface area contributed by atoms with Crippen molar-refractivity contribution >= 4 is 12.1 Å². The molecule has 3 rings (SSSR count). The van der Waals surface area contributed by atoms with Crippen molar-refractivity contribution in [2.45, 2.75) is 31.2 Å². The van der Waals surface area contributed by atoms with Crippen molar-refractivity contribution in [2.24, 2.45) is 0 Å². The van der Waals surface area contributed by atoms with Crippen LogP contribution in [-0.4, -0.2) is 36.5 Å². The van der Waals surface area contributed by atoms with E-state index in [9.17, 15) is 19.1 Å². The summed E-state index contributed by atoms with van der Waals surface area (Å²) >= 11 is 0. The highest BCUT2D eigenvalue weighted by Gasteiger charge is 2.29. The molecule has 0 radical (unpaired) electrons. The van der Waals surface area contributed by atoms with E-state index in [-0.39, 0.29) is 25.4 Å². The molecule has 27 heavy (non-hydrogen) atoms. The standard InChI is InChI=1S/C21H22FNO4/c22-12-6-5-11-19(20(24)25)23-21(26)27-13-18-16-9-3-1-7-14(16)15-8-2-4-10-17(15)18/h1-4,7-10,18-19H,5-6,11-13H2,(H,23,26)(H,24,25). The molecule has 2 aromatic rings. The fourth-order valence-electron chi connectivity index (χ4n) is 3.48. The number of carboxylic acid groups (broad SMARTS) is 1. The van der Waals surface area contributed by atoms with Gasteiger partial charge < -0.3 is 15.2 Å². The van der Waals surface area contributed by atoms with Gasteiger partial charge >= 0.3 is 12.1 Å².